The zero-order valence-corrected chi connectivity index (χ0v) is 12.4. The number of likely N-dealkylation sites (tertiary alicyclic amines) is 1. The molecule has 1 fully saturated rings. The molecule has 1 unspecified atom stereocenters. The average molecular weight is 280 g/mol. The molecule has 1 aliphatic rings. The first-order chi connectivity index (χ1) is 9.22. The second-order valence-corrected chi connectivity index (χ2v) is 5.30. The third-order valence-electron chi connectivity index (χ3n) is 3.48. The second-order valence-electron chi connectivity index (χ2n) is 4.90. The molecule has 4 nitrogen and oxygen atoms in total. The number of nitrogens with zero attached hydrogens (tertiary/aromatic N) is 1. The van der Waals surface area contributed by atoms with Crippen LogP contribution in [-0.4, -0.2) is 36.4 Å². The van der Waals surface area contributed by atoms with Crippen LogP contribution < -0.4 is 5.32 Å². The van der Waals surface area contributed by atoms with E-state index < -0.39 is 0 Å². The Morgan fingerprint density at radius 2 is 2.21 bits per heavy atom. The van der Waals surface area contributed by atoms with Crippen LogP contribution >= 0.6 is 9.24 Å². The van der Waals surface area contributed by atoms with Crippen LogP contribution in [0.2, 0.25) is 0 Å². The van der Waals surface area contributed by atoms with Crippen molar-refractivity contribution < 1.29 is 9.53 Å². The molecule has 2 rings (SSSR count). The lowest BCUT2D eigenvalue weighted by Crippen LogP contribution is -2.61. The van der Waals surface area contributed by atoms with E-state index in [0.717, 1.165) is 24.9 Å². The molecule has 0 spiro atoms. The van der Waals surface area contributed by atoms with Gasteiger partial charge in [-0.15, -0.1) is 9.24 Å². The molecule has 1 aliphatic heterocycles. The highest BCUT2D eigenvalue weighted by Crippen LogP contribution is 2.25. The fourth-order valence-corrected chi connectivity index (χ4v) is 2.46. The maximum absolute atomic E-state index is 12.0. The van der Waals surface area contributed by atoms with E-state index in [1.807, 2.05) is 30.3 Å². The first kappa shape index (κ1) is 14.3. The van der Waals surface area contributed by atoms with E-state index in [0.29, 0.717) is 12.5 Å². The van der Waals surface area contributed by atoms with Crippen LogP contribution in [0, 0.1) is 5.92 Å². The lowest BCUT2D eigenvalue weighted by molar-refractivity contribution is 0.0106. The van der Waals surface area contributed by atoms with E-state index in [2.05, 4.69) is 21.5 Å². The van der Waals surface area contributed by atoms with Crippen molar-refractivity contribution >= 4 is 15.3 Å². The number of benzene rings is 1. The van der Waals surface area contributed by atoms with E-state index in [1.54, 1.807) is 4.90 Å². The lowest BCUT2D eigenvalue weighted by Gasteiger charge is -2.45. The normalized spacial score (nSPS) is 21.9. The predicted molar refractivity (Wildman–Crippen MR) is 78.9 cm³/mol. The Balaban J connectivity index is 1.80. The van der Waals surface area contributed by atoms with Gasteiger partial charge in [0.2, 0.25) is 0 Å². The minimum atomic E-state index is -0.211. The third-order valence-corrected chi connectivity index (χ3v) is 3.77. The summed E-state index contributed by atoms with van der Waals surface area (Å²) in [6, 6.07) is 10.0. The maximum atomic E-state index is 12.0. The Morgan fingerprint density at radius 3 is 2.84 bits per heavy atom. The molecule has 1 aromatic carbocycles. The number of amides is 1. The molecular formula is C14H21N2O2P. The highest BCUT2D eigenvalue weighted by atomic mass is 31.0. The Morgan fingerprint density at radius 1 is 1.47 bits per heavy atom. The third kappa shape index (κ3) is 3.68. The van der Waals surface area contributed by atoms with Crippen LogP contribution in [0.4, 0.5) is 4.79 Å². The van der Waals surface area contributed by atoms with E-state index in [1.165, 1.54) is 0 Å². The van der Waals surface area contributed by atoms with Gasteiger partial charge in [-0.1, -0.05) is 37.3 Å². The number of rotatable bonds is 5. The Labute approximate surface area is 116 Å². The van der Waals surface area contributed by atoms with Gasteiger partial charge in [0.25, 0.3) is 0 Å². The smallest absolute Gasteiger partial charge is 0.410 e. The van der Waals surface area contributed by atoms with Crippen molar-refractivity contribution in [2.45, 2.75) is 19.6 Å². The number of carbonyl (C=O) groups excluding carboxylic acids is 1. The first-order valence-electron chi connectivity index (χ1n) is 6.60. The summed E-state index contributed by atoms with van der Waals surface area (Å²) in [6.07, 6.45) is 0.633. The van der Waals surface area contributed by atoms with Crippen LogP contribution in [0.1, 0.15) is 12.5 Å². The number of hydrogen-bond donors (Lipinski definition) is 1. The molecule has 104 valence electrons. The van der Waals surface area contributed by atoms with E-state index in [4.69, 9.17) is 4.74 Å². The minimum Gasteiger partial charge on any atom is -0.445 e. The molecule has 5 heteroatoms. The zero-order chi connectivity index (χ0) is 13.7. The second kappa shape index (κ2) is 6.88. The summed E-state index contributed by atoms with van der Waals surface area (Å²) in [5.41, 5.74) is 1.02. The number of carbonyl (C=O) groups is 1. The van der Waals surface area contributed by atoms with Crippen LogP contribution in [-0.2, 0) is 11.3 Å². The zero-order valence-electron chi connectivity index (χ0n) is 11.2. The van der Waals surface area contributed by atoms with Gasteiger partial charge >= 0.3 is 6.09 Å². The topological polar surface area (TPSA) is 41.6 Å². The summed E-state index contributed by atoms with van der Waals surface area (Å²) in [7, 11) is 2.63. The number of ether oxygens (including phenoxy) is 1. The SMILES string of the molecule is C[C@H]1CN(C(=O)OCc2ccccc2)[C@H]1CNCP. The molecular weight excluding hydrogens is 259 g/mol. The van der Waals surface area contributed by atoms with Crippen molar-refractivity contribution in [1.82, 2.24) is 10.2 Å². The monoisotopic (exact) mass is 280 g/mol. The summed E-state index contributed by atoms with van der Waals surface area (Å²) in [4.78, 5) is 13.8. The first-order valence-corrected chi connectivity index (χ1v) is 7.42. The fourth-order valence-electron chi connectivity index (χ4n) is 2.29. The molecule has 0 bridgehead atoms. The summed E-state index contributed by atoms with van der Waals surface area (Å²) >= 11 is 0. The predicted octanol–water partition coefficient (Wildman–Crippen LogP) is 2.07. The fraction of sp³-hybridized carbons (Fsp3) is 0.500. The minimum absolute atomic E-state index is 0.211. The van der Waals surface area contributed by atoms with Gasteiger partial charge in [0.05, 0.1) is 6.04 Å². The molecule has 0 aromatic heterocycles. The van der Waals surface area contributed by atoms with Gasteiger partial charge in [0, 0.05) is 19.4 Å². The van der Waals surface area contributed by atoms with Crippen LogP contribution in [0.25, 0.3) is 0 Å². The van der Waals surface area contributed by atoms with Crippen molar-refractivity contribution in [2.24, 2.45) is 5.92 Å². The molecule has 0 aliphatic carbocycles. The Bertz CT molecular complexity index is 413. The van der Waals surface area contributed by atoms with E-state index in [9.17, 15) is 4.79 Å². The van der Waals surface area contributed by atoms with Crippen LogP contribution in [0.15, 0.2) is 30.3 Å². The van der Waals surface area contributed by atoms with Gasteiger partial charge < -0.3 is 15.0 Å². The summed E-state index contributed by atoms with van der Waals surface area (Å²) in [5.74, 6) is 0.535. The van der Waals surface area contributed by atoms with Gasteiger partial charge in [-0.25, -0.2) is 4.79 Å². The molecule has 0 radical (unpaired) electrons. The highest BCUT2D eigenvalue weighted by Gasteiger charge is 2.39. The molecule has 1 aromatic rings. The van der Waals surface area contributed by atoms with Gasteiger partial charge in [-0.05, 0) is 11.5 Å². The van der Waals surface area contributed by atoms with Gasteiger partial charge in [0.15, 0.2) is 0 Å². The van der Waals surface area contributed by atoms with Gasteiger partial charge in [-0.2, -0.15) is 0 Å². The largest absolute Gasteiger partial charge is 0.445 e. The number of hydrogen-bond acceptors (Lipinski definition) is 3. The van der Waals surface area contributed by atoms with Gasteiger partial charge in [-0.3, -0.25) is 0 Å². The summed E-state index contributed by atoms with van der Waals surface area (Å²) in [5, 5.41) is 3.25. The van der Waals surface area contributed by atoms with Crippen molar-refractivity contribution in [1.29, 1.82) is 0 Å². The van der Waals surface area contributed by atoms with E-state index in [-0.39, 0.29) is 12.1 Å². The summed E-state index contributed by atoms with van der Waals surface area (Å²) in [6.45, 7) is 4.12. The van der Waals surface area contributed by atoms with Crippen LogP contribution in [0.5, 0.6) is 0 Å². The van der Waals surface area contributed by atoms with Crippen molar-refractivity contribution in [2.75, 3.05) is 19.4 Å². The lowest BCUT2D eigenvalue weighted by atomic mass is 9.91. The van der Waals surface area contributed by atoms with Crippen LogP contribution in [0.3, 0.4) is 0 Å². The summed E-state index contributed by atoms with van der Waals surface area (Å²) < 4.78 is 5.34. The average Bonchev–Trinajstić information content (AvgIpc) is 2.43. The molecule has 19 heavy (non-hydrogen) atoms. The van der Waals surface area contributed by atoms with Crippen molar-refractivity contribution in [3.63, 3.8) is 0 Å². The van der Waals surface area contributed by atoms with Gasteiger partial charge in [0.1, 0.15) is 6.61 Å². The maximum Gasteiger partial charge on any atom is 0.410 e. The Hall–Kier alpha value is -1.12. The molecule has 1 N–H and O–H groups in total. The molecule has 1 amide bonds. The molecule has 1 heterocycles. The molecule has 1 saturated heterocycles. The van der Waals surface area contributed by atoms with E-state index >= 15 is 0 Å². The molecule has 0 saturated carbocycles. The van der Waals surface area contributed by atoms with Crippen molar-refractivity contribution in [3.05, 3.63) is 35.9 Å². The Kier molecular flexibility index (Phi) is 5.17. The number of nitrogens with one attached hydrogen (secondary N) is 1. The van der Waals surface area contributed by atoms with Crippen molar-refractivity contribution in [3.8, 4) is 0 Å². The molecule has 3 atom stereocenters. The highest BCUT2D eigenvalue weighted by molar-refractivity contribution is 7.16. The quantitative estimate of drug-likeness (QED) is 0.840. The standard InChI is InChI=1S/C14H21N2O2P/c1-11-8-16(13(11)7-15-10-19)14(17)18-9-12-5-3-2-4-6-12/h2-6,11,13,15H,7-10,19H2,1H3/t11-,13-/m0/s1.